The van der Waals surface area contributed by atoms with Gasteiger partial charge in [0, 0.05) is 34.1 Å². The van der Waals surface area contributed by atoms with Gasteiger partial charge in [-0.3, -0.25) is 4.99 Å². The predicted octanol–water partition coefficient (Wildman–Crippen LogP) is 6.46. The number of nitrogens with zero attached hydrogens (tertiary/aromatic N) is 1. The largest absolute Gasteiger partial charge is 0.467 e. The van der Waals surface area contributed by atoms with Crippen LogP contribution in [0.3, 0.4) is 0 Å². The summed E-state index contributed by atoms with van der Waals surface area (Å²) in [6, 6.07) is 37.6. The lowest BCUT2D eigenvalue weighted by molar-refractivity contribution is -0.142. The molecule has 0 radical (unpaired) electrons. The van der Waals surface area contributed by atoms with Crippen molar-refractivity contribution >= 4 is 22.6 Å². The van der Waals surface area contributed by atoms with Gasteiger partial charge in [0.1, 0.15) is 0 Å². The molecular formula is C31H26N2O2. The molecule has 5 aromatic rings. The highest BCUT2D eigenvalue weighted by Crippen LogP contribution is 2.32. The summed E-state index contributed by atoms with van der Waals surface area (Å²) in [6.45, 7) is 0. The van der Waals surface area contributed by atoms with Crippen molar-refractivity contribution in [3.05, 3.63) is 132 Å². The second-order valence-corrected chi connectivity index (χ2v) is 8.34. The van der Waals surface area contributed by atoms with Gasteiger partial charge in [-0.1, -0.05) is 109 Å². The molecule has 4 aromatic carbocycles. The fourth-order valence-corrected chi connectivity index (χ4v) is 4.44. The number of fused-ring (bicyclic) bond motifs is 1. The number of hydrogen-bond acceptors (Lipinski definition) is 3. The molecular weight excluding hydrogens is 432 g/mol. The van der Waals surface area contributed by atoms with Gasteiger partial charge < -0.3 is 9.72 Å². The lowest BCUT2D eigenvalue weighted by Gasteiger charge is -2.15. The number of benzene rings is 4. The van der Waals surface area contributed by atoms with Crippen molar-refractivity contribution in [1.29, 1.82) is 0 Å². The molecule has 0 amide bonds. The Hall–Kier alpha value is -4.44. The van der Waals surface area contributed by atoms with Crippen molar-refractivity contribution in [3.8, 4) is 11.3 Å². The third kappa shape index (κ3) is 4.78. The van der Waals surface area contributed by atoms with Gasteiger partial charge in [-0.05, 0) is 17.2 Å². The molecule has 0 aliphatic carbocycles. The summed E-state index contributed by atoms with van der Waals surface area (Å²) in [7, 11) is 1.42. The summed E-state index contributed by atoms with van der Waals surface area (Å²) in [6.07, 6.45) is 0.407. The van der Waals surface area contributed by atoms with Crippen LogP contribution in [-0.4, -0.2) is 29.8 Å². The molecule has 0 unspecified atom stereocenters. The van der Waals surface area contributed by atoms with Crippen LogP contribution < -0.4 is 0 Å². The molecule has 0 saturated heterocycles. The minimum Gasteiger partial charge on any atom is -0.467 e. The Kier molecular flexibility index (Phi) is 6.53. The number of ether oxygens (including phenoxy) is 1. The van der Waals surface area contributed by atoms with Gasteiger partial charge in [-0.25, -0.2) is 4.79 Å². The van der Waals surface area contributed by atoms with E-state index in [1.165, 1.54) is 7.11 Å². The molecule has 1 atom stereocenters. The molecule has 4 nitrogen and oxygen atoms in total. The molecule has 0 spiro atoms. The highest BCUT2D eigenvalue weighted by atomic mass is 16.5. The Bertz CT molecular complexity index is 1410. The average Bonchev–Trinajstić information content (AvgIpc) is 3.30. The first-order valence-corrected chi connectivity index (χ1v) is 11.7. The molecule has 1 aromatic heterocycles. The van der Waals surface area contributed by atoms with E-state index in [4.69, 9.17) is 9.73 Å². The fourth-order valence-electron chi connectivity index (χ4n) is 4.44. The molecule has 1 N–H and O–H groups in total. The molecule has 35 heavy (non-hydrogen) atoms. The molecule has 0 fully saturated rings. The molecule has 0 aliphatic rings. The van der Waals surface area contributed by atoms with E-state index in [0.717, 1.165) is 44.6 Å². The molecule has 1 heterocycles. The number of aliphatic imine (C=N–C) groups is 1. The first kappa shape index (κ1) is 22.4. The minimum atomic E-state index is -0.711. The summed E-state index contributed by atoms with van der Waals surface area (Å²) in [5.74, 6) is -0.362. The summed E-state index contributed by atoms with van der Waals surface area (Å²) in [5.41, 5.74) is 6.81. The van der Waals surface area contributed by atoms with E-state index in [2.05, 4.69) is 29.2 Å². The first-order valence-electron chi connectivity index (χ1n) is 11.7. The Morgan fingerprint density at radius 3 is 1.91 bits per heavy atom. The number of H-pyrrole nitrogens is 1. The summed E-state index contributed by atoms with van der Waals surface area (Å²) >= 11 is 0. The zero-order valence-corrected chi connectivity index (χ0v) is 19.5. The van der Waals surface area contributed by atoms with Crippen LogP contribution in [0.5, 0.6) is 0 Å². The van der Waals surface area contributed by atoms with Crippen LogP contribution in [-0.2, 0) is 16.0 Å². The maximum Gasteiger partial charge on any atom is 0.330 e. The number of esters is 1. The van der Waals surface area contributed by atoms with Crippen molar-refractivity contribution in [2.24, 2.45) is 4.99 Å². The van der Waals surface area contributed by atoms with Crippen LogP contribution in [0.2, 0.25) is 0 Å². The number of methoxy groups -OCH3 is 1. The third-order valence-corrected chi connectivity index (χ3v) is 6.13. The maximum atomic E-state index is 13.1. The van der Waals surface area contributed by atoms with Gasteiger partial charge in [0.2, 0.25) is 0 Å². The number of carbonyl (C=O) groups excluding carboxylic acids is 1. The van der Waals surface area contributed by atoms with Crippen LogP contribution >= 0.6 is 0 Å². The van der Waals surface area contributed by atoms with Crippen LogP contribution in [0.1, 0.15) is 16.7 Å². The normalized spacial score (nSPS) is 11.7. The van der Waals surface area contributed by atoms with E-state index in [9.17, 15) is 4.79 Å². The first-order chi connectivity index (χ1) is 17.2. The SMILES string of the molecule is COC(=O)[C@H](Cc1c(-c2ccccc2)[nH]c2ccccc12)N=C(c1ccccc1)c1ccccc1. The van der Waals surface area contributed by atoms with Crippen LogP contribution in [0, 0.1) is 0 Å². The molecule has 4 heteroatoms. The van der Waals surface area contributed by atoms with Crippen molar-refractivity contribution in [1.82, 2.24) is 4.98 Å². The van der Waals surface area contributed by atoms with E-state index in [1.54, 1.807) is 0 Å². The lowest BCUT2D eigenvalue weighted by atomic mass is 9.97. The number of para-hydroxylation sites is 1. The smallest absolute Gasteiger partial charge is 0.330 e. The third-order valence-electron chi connectivity index (χ3n) is 6.13. The molecule has 0 saturated carbocycles. The Morgan fingerprint density at radius 2 is 1.31 bits per heavy atom. The standard InChI is InChI=1S/C31H26N2O2/c1-35-31(34)28(33-29(22-13-5-2-6-14-22)23-15-7-3-8-16-23)21-26-25-19-11-12-20-27(25)32-30(26)24-17-9-4-10-18-24/h2-20,28,32H,21H2,1H3/t28-/m0/s1. The van der Waals surface area contributed by atoms with Gasteiger partial charge in [0.05, 0.1) is 12.8 Å². The van der Waals surface area contributed by atoms with Gasteiger partial charge in [-0.2, -0.15) is 0 Å². The minimum absolute atomic E-state index is 0.362. The average molecular weight is 459 g/mol. The van der Waals surface area contributed by atoms with Gasteiger partial charge in [0.25, 0.3) is 0 Å². The van der Waals surface area contributed by atoms with E-state index in [1.807, 2.05) is 91.0 Å². The van der Waals surface area contributed by atoms with E-state index >= 15 is 0 Å². The van der Waals surface area contributed by atoms with Gasteiger partial charge in [-0.15, -0.1) is 0 Å². The Morgan fingerprint density at radius 1 is 0.771 bits per heavy atom. The molecule has 5 rings (SSSR count). The number of carbonyl (C=O) groups is 1. The number of hydrogen-bond donors (Lipinski definition) is 1. The molecule has 172 valence electrons. The number of aromatic nitrogens is 1. The number of aromatic amines is 1. The Labute approximate surface area is 204 Å². The maximum absolute atomic E-state index is 13.1. The van der Waals surface area contributed by atoms with Crippen molar-refractivity contribution < 1.29 is 9.53 Å². The summed E-state index contributed by atoms with van der Waals surface area (Å²) in [4.78, 5) is 21.7. The summed E-state index contributed by atoms with van der Waals surface area (Å²) in [5, 5.41) is 1.08. The Balaban J connectivity index is 1.65. The monoisotopic (exact) mass is 458 g/mol. The van der Waals surface area contributed by atoms with Crippen LogP contribution in [0.25, 0.3) is 22.2 Å². The fraction of sp³-hybridized carbons (Fsp3) is 0.0968. The zero-order chi connectivity index (χ0) is 24.0. The van der Waals surface area contributed by atoms with Gasteiger partial charge >= 0.3 is 5.97 Å². The molecule has 0 aliphatic heterocycles. The number of nitrogens with one attached hydrogen (secondary N) is 1. The van der Waals surface area contributed by atoms with Crippen molar-refractivity contribution in [3.63, 3.8) is 0 Å². The second-order valence-electron chi connectivity index (χ2n) is 8.34. The lowest BCUT2D eigenvalue weighted by Crippen LogP contribution is -2.25. The van der Waals surface area contributed by atoms with Crippen LogP contribution in [0.15, 0.2) is 120 Å². The highest BCUT2D eigenvalue weighted by molar-refractivity contribution is 6.13. The van der Waals surface area contributed by atoms with E-state index in [-0.39, 0.29) is 5.97 Å². The molecule has 0 bridgehead atoms. The predicted molar refractivity (Wildman–Crippen MR) is 142 cm³/mol. The topological polar surface area (TPSA) is 54.5 Å². The van der Waals surface area contributed by atoms with Crippen molar-refractivity contribution in [2.45, 2.75) is 12.5 Å². The highest BCUT2D eigenvalue weighted by Gasteiger charge is 2.25. The van der Waals surface area contributed by atoms with Gasteiger partial charge in [0.15, 0.2) is 6.04 Å². The number of rotatable bonds is 7. The van der Waals surface area contributed by atoms with Crippen LogP contribution in [0.4, 0.5) is 0 Å². The van der Waals surface area contributed by atoms with E-state index < -0.39 is 6.04 Å². The zero-order valence-electron chi connectivity index (χ0n) is 19.5. The van der Waals surface area contributed by atoms with E-state index in [0.29, 0.717) is 6.42 Å². The quantitative estimate of drug-likeness (QED) is 0.225. The van der Waals surface area contributed by atoms with Crippen molar-refractivity contribution in [2.75, 3.05) is 7.11 Å². The summed E-state index contributed by atoms with van der Waals surface area (Å²) < 4.78 is 5.24. The second kappa shape index (κ2) is 10.2.